The molecule has 33 heavy (non-hydrogen) atoms. The van der Waals surface area contributed by atoms with Gasteiger partial charge in [-0.25, -0.2) is 4.79 Å². The second-order valence-corrected chi connectivity index (χ2v) is 9.50. The Morgan fingerprint density at radius 2 is 1.67 bits per heavy atom. The van der Waals surface area contributed by atoms with Crippen LogP contribution in [0.5, 0.6) is 0 Å². The number of fused-ring (bicyclic) bond motifs is 3. The molecule has 1 fully saturated rings. The Morgan fingerprint density at radius 3 is 2.24 bits per heavy atom. The fourth-order valence-corrected chi connectivity index (χ4v) is 5.00. The maximum absolute atomic E-state index is 12.7. The molecule has 1 saturated carbocycles. The zero-order chi connectivity index (χ0) is 23.4. The van der Waals surface area contributed by atoms with E-state index in [1.54, 1.807) is 11.8 Å². The van der Waals surface area contributed by atoms with Gasteiger partial charge in [-0.3, -0.25) is 9.59 Å². The van der Waals surface area contributed by atoms with Crippen molar-refractivity contribution in [2.24, 2.45) is 5.92 Å². The number of nitrogens with one attached hydrogen (secondary N) is 2. The number of alkyl carbamates (subject to hydrolysis) is 1. The Labute approximate surface area is 197 Å². The number of hydrogen-bond donors (Lipinski definition) is 3. The monoisotopic (exact) mass is 468 g/mol. The first-order valence-electron chi connectivity index (χ1n) is 11.1. The van der Waals surface area contributed by atoms with Gasteiger partial charge in [0, 0.05) is 12.0 Å². The van der Waals surface area contributed by atoms with Gasteiger partial charge in [-0.2, -0.15) is 11.8 Å². The van der Waals surface area contributed by atoms with Crippen LogP contribution in [0.15, 0.2) is 48.5 Å². The van der Waals surface area contributed by atoms with Crippen molar-refractivity contribution in [3.63, 3.8) is 0 Å². The molecule has 3 N–H and O–H groups in total. The molecule has 0 unspecified atom stereocenters. The third-order valence-electron chi connectivity index (χ3n) is 6.40. The van der Waals surface area contributed by atoms with Crippen LogP contribution < -0.4 is 10.6 Å². The summed E-state index contributed by atoms with van der Waals surface area (Å²) in [5.41, 5.74) is 4.56. The van der Waals surface area contributed by atoms with Crippen LogP contribution in [-0.2, 0) is 14.3 Å². The summed E-state index contributed by atoms with van der Waals surface area (Å²) in [5.74, 6) is -0.897. The van der Waals surface area contributed by atoms with Crippen LogP contribution >= 0.6 is 11.8 Å². The number of benzene rings is 2. The molecule has 0 aliphatic heterocycles. The number of amides is 2. The van der Waals surface area contributed by atoms with E-state index in [9.17, 15) is 14.4 Å². The number of carbonyl (C=O) groups excluding carboxylic acids is 2. The van der Waals surface area contributed by atoms with Crippen LogP contribution in [0.2, 0.25) is 0 Å². The first-order chi connectivity index (χ1) is 16.0. The Balaban J connectivity index is 1.35. The SMILES string of the molecule is CSCC[C@@H](NC(=O)OCC1c2ccccc2-c2ccccc21)C(=O)NC1CC(C(=O)O)C1. The lowest BCUT2D eigenvalue weighted by molar-refractivity contribution is -0.146. The van der Waals surface area contributed by atoms with Crippen molar-refractivity contribution >= 4 is 29.7 Å². The molecule has 0 aromatic heterocycles. The predicted molar refractivity (Wildman–Crippen MR) is 127 cm³/mol. The third kappa shape index (κ3) is 5.16. The maximum atomic E-state index is 12.7. The largest absolute Gasteiger partial charge is 0.481 e. The van der Waals surface area contributed by atoms with Gasteiger partial charge < -0.3 is 20.5 Å². The number of rotatable bonds is 9. The molecule has 7 nitrogen and oxygen atoms in total. The van der Waals surface area contributed by atoms with Crippen molar-refractivity contribution in [2.75, 3.05) is 18.6 Å². The van der Waals surface area contributed by atoms with Gasteiger partial charge in [0.2, 0.25) is 5.91 Å². The zero-order valence-electron chi connectivity index (χ0n) is 18.5. The molecule has 1 atom stereocenters. The van der Waals surface area contributed by atoms with E-state index in [-0.39, 0.29) is 24.5 Å². The lowest BCUT2D eigenvalue weighted by Gasteiger charge is -2.34. The quantitative estimate of drug-likeness (QED) is 0.519. The van der Waals surface area contributed by atoms with Crippen LogP contribution in [0.1, 0.15) is 36.3 Å². The van der Waals surface area contributed by atoms with Gasteiger partial charge in [-0.05, 0) is 53.5 Å². The molecular weight excluding hydrogens is 440 g/mol. The van der Waals surface area contributed by atoms with Crippen LogP contribution in [0.4, 0.5) is 4.79 Å². The summed E-state index contributed by atoms with van der Waals surface area (Å²) in [6, 6.07) is 15.3. The van der Waals surface area contributed by atoms with Gasteiger partial charge >= 0.3 is 12.1 Å². The Bertz CT molecular complexity index is 991. The molecule has 0 saturated heterocycles. The summed E-state index contributed by atoms with van der Waals surface area (Å²) in [6.45, 7) is 0.180. The van der Waals surface area contributed by atoms with Gasteiger partial charge in [0.15, 0.2) is 0 Å². The van der Waals surface area contributed by atoms with Gasteiger partial charge in [0.25, 0.3) is 0 Å². The van der Waals surface area contributed by atoms with Gasteiger partial charge in [-0.1, -0.05) is 48.5 Å². The summed E-state index contributed by atoms with van der Waals surface area (Å²) in [7, 11) is 0. The average Bonchev–Trinajstić information content (AvgIpc) is 3.10. The number of carbonyl (C=O) groups is 3. The summed E-state index contributed by atoms with van der Waals surface area (Å²) >= 11 is 1.59. The smallest absolute Gasteiger partial charge is 0.407 e. The lowest BCUT2D eigenvalue weighted by atomic mass is 9.80. The van der Waals surface area contributed by atoms with E-state index in [0.717, 1.165) is 22.3 Å². The van der Waals surface area contributed by atoms with Crippen molar-refractivity contribution in [2.45, 2.75) is 37.3 Å². The number of thioether (sulfide) groups is 1. The molecule has 2 aromatic rings. The highest BCUT2D eigenvalue weighted by Crippen LogP contribution is 2.44. The van der Waals surface area contributed by atoms with Crippen molar-refractivity contribution in [1.29, 1.82) is 0 Å². The van der Waals surface area contributed by atoms with Crippen LogP contribution in [0.3, 0.4) is 0 Å². The molecule has 0 heterocycles. The fraction of sp³-hybridized carbons (Fsp3) is 0.400. The third-order valence-corrected chi connectivity index (χ3v) is 7.04. The second-order valence-electron chi connectivity index (χ2n) is 8.52. The van der Waals surface area contributed by atoms with Crippen LogP contribution in [0.25, 0.3) is 11.1 Å². The molecule has 0 bridgehead atoms. The summed E-state index contributed by atoms with van der Waals surface area (Å²) in [4.78, 5) is 36.3. The molecule has 2 aliphatic carbocycles. The topological polar surface area (TPSA) is 105 Å². The molecule has 8 heteroatoms. The number of ether oxygens (including phenoxy) is 1. The van der Waals surface area contributed by atoms with E-state index in [4.69, 9.17) is 9.84 Å². The Kier molecular flexibility index (Phi) is 7.23. The van der Waals surface area contributed by atoms with Gasteiger partial charge in [0.1, 0.15) is 12.6 Å². The number of carboxylic acids is 1. The minimum atomic E-state index is -0.837. The number of carboxylic acid groups (broad SMARTS) is 1. The summed E-state index contributed by atoms with van der Waals surface area (Å²) in [5, 5.41) is 14.6. The molecule has 0 spiro atoms. The van der Waals surface area contributed by atoms with Gasteiger partial charge in [0.05, 0.1) is 5.92 Å². The second kappa shape index (κ2) is 10.3. The standard InChI is InChI=1S/C25H28N2O5S/c1-33-11-10-22(23(28)26-16-12-15(13-16)24(29)30)27-25(31)32-14-21-19-8-4-2-6-17(19)18-7-3-5-9-20(18)21/h2-9,15-16,21-22H,10-14H2,1H3,(H,26,28)(H,27,31)(H,29,30)/t15?,16?,22-/m1/s1. The lowest BCUT2D eigenvalue weighted by Crippen LogP contribution is -2.54. The van der Waals surface area contributed by atoms with E-state index in [0.29, 0.717) is 25.0 Å². The van der Waals surface area contributed by atoms with Crippen LogP contribution in [0, 0.1) is 5.92 Å². The fourth-order valence-electron chi connectivity index (χ4n) is 4.53. The molecule has 2 amide bonds. The Hall–Kier alpha value is -3.00. The maximum Gasteiger partial charge on any atom is 0.407 e. The summed E-state index contributed by atoms with van der Waals surface area (Å²) in [6.07, 6.45) is 2.61. The zero-order valence-corrected chi connectivity index (χ0v) is 19.3. The predicted octanol–water partition coefficient (Wildman–Crippen LogP) is 3.63. The first kappa shape index (κ1) is 23.2. The highest BCUT2D eigenvalue weighted by Gasteiger charge is 2.36. The average molecular weight is 469 g/mol. The number of aliphatic carboxylic acids is 1. The molecule has 4 rings (SSSR count). The van der Waals surface area contributed by atoms with Gasteiger partial charge in [-0.15, -0.1) is 0 Å². The molecule has 0 radical (unpaired) electrons. The minimum absolute atomic E-state index is 0.0513. The van der Waals surface area contributed by atoms with E-state index in [1.165, 1.54) is 0 Å². The van der Waals surface area contributed by atoms with E-state index < -0.39 is 24.0 Å². The van der Waals surface area contributed by atoms with Crippen molar-refractivity contribution in [1.82, 2.24) is 10.6 Å². The van der Waals surface area contributed by atoms with Crippen molar-refractivity contribution < 1.29 is 24.2 Å². The normalized spacial score (nSPS) is 19.5. The van der Waals surface area contributed by atoms with E-state index in [2.05, 4.69) is 34.9 Å². The molecule has 2 aromatic carbocycles. The molecule has 2 aliphatic rings. The van der Waals surface area contributed by atoms with E-state index >= 15 is 0 Å². The molecular formula is C25H28N2O5S. The van der Waals surface area contributed by atoms with E-state index in [1.807, 2.05) is 30.5 Å². The van der Waals surface area contributed by atoms with Crippen molar-refractivity contribution in [3.8, 4) is 11.1 Å². The Morgan fingerprint density at radius 1 is 1.06 bits per heavy atom. The number of hydrogen-bond acceptors (Lipinski definition) is 5. The minimum Gasteiger partial charge on any atom is -0.481 e. The highest BCUT2D eigenvalue weighted by molar-refractivity contribution is 7.98. The highest BCUT2D eigenvalue weighted by atomic mass is 32.2. The summed E-state index contributed by atoms with van der Waals surface area (Å²) < 4.78 is 5.58. The first-order valence-corrected chi connectivity index (χ1v) is 12.5. The van der Waals surface area contributed by atoms with Crippen molar-refractivity contribution in [3.05, 3.63) is 59.7 Å². The molecule has 174 valence electrons. The van der Waals surface area contributed by atoms with Crippen LogP contribution in [-0.4, -0.2) is 53.8 Å².